The van der Waals surface area contributed by atoms with Crippen molar-refractivity contribution in [3.8, 4) is 5.75 Å². The Balaban J connectivity index is 1.92. The maximum Gasteiger partial charge on any atom is 0.220 e. The molecule has 0 spiro atoms. The largest absolute Gasteiger partial charge is 0.497 e. The number of carbonyl (C=O) groups is 1. The van der Waals surface area contributed by atoms with Gasteiger partial charge >= 0.3 is 0 Å². The zero-order chi connectivity index (χ0) is 16.7. The van der Waals surface area contributed by atoms with E-state index in [9.17, 15) is 9.18 Å². The standard InChI is InChI=1S/C19H22FNO2/c1-3-18(15-8-11-16(23-2)12-9-15)21-19(22)13-10-14-6-4-5-7-17(14)20/h4-9,11-12,18H,3,10,13H2,1-2H3,(H,21,22)/t18-/m0/s1. The van der Waals surface area contributed by atoms with Crippen LogP contribution in [0.25, 0.3) is 0 Å². The van der Waals surface area contributed by atoms with Gasteiger partial charge in [-0.25, -0.2) is 4.39 Å². The molecule has 0 aliphatic heterocycles. The number of amides is 1. The molecule has 0 bridgehead atoms. The Morgan fingerprint density at radius 2 is 1.87 bits per heavy atom. The van der Waals surface area contributed by atoms with Crippen molar-refractivity contribution in [3.63, 3.8) is 0 Å². The number of nitrogens with one attached hydrogen (secondary N) is 1. The number of aryl methyl sites for hydroxylation is 1. The summed E-state index contributed by atoms with van der Waals surface area (Å²) in [6.45, 7) is 2.02. The molecule has 2 aromatic rings. The summed E-state index contributed by atoms with van der Waals surface area (Å²) in [4.78, 5) is 12.1. The van der Waals surface area contributed by atoms with Gasteiger partial charge in [-0.1, -0.05) is 37.3 Å². The summed E-state index contributed by atoms with van der Waals surface area (Å²) in [6.07, 6.45) is 1.46. The van der Waals surface area contributed by atoms with Gasteiger partial charge in [0.2, 0.25) is 5.91 Å². The Hall–Kier alpha value is -2.36. The minimum absolute atomic E-state index is 0.0472. The van der Waals surface area contributed by atoms with E-state index in [1.54, 1.807) is 25.3 Å². The number of hydrogen-bond acceptors (Lipinski definition) is 2. The van der Waals surface area contributed by atoms with E-state index < -0.39 is 0 Å². The fourth-order valence-electron chi connectivity index (χ4n) is 2.47. The fourth-order valence-corrected chi connectivity index (χ4v) is 2.47. The Kier molecular flexibility index (Phi) is 6.15. The number of hydrogen-bond donors (Lipinski definition) is 1. The van der Waals surface area contributed by atoms with Crippen LogP contribution in [0.4, 0.5) is 4.39 Å². The van der Waals surface area contributed by atoms with Crippen molar-refractivity contribution < 1.29 is 13.9 Å². The van der Waals surface area contributed by atoms with Gasteiger partial charge in [-0.05, 0) is 42.2 Å². The van der Waals surface area contributed by atoms with Crippen LogP contribution in [0.2, 0.25) is 0 Å². The molecule has 2 aromatic carbocycles. The Labute approximate surface area is 136 Å². The average Bonchev–Trinajstić information content (AvgIpc) is 2.59. The molecule has 3 nitrogen and oxygen atoms in total. The SMILES string of the molecule is CC[C@H](NC(=O)CCc1ccccc1F)c1ccc(OC)cc1. The molecule has 2 rings (SSSR count). The molecule has 0 fully saturated rings. The van der Waals surface area contributed by atoms with Gasteiger partial charge in [0.15, 0.2) is 0 Å². The van der Waals surface area contributed by atoms with Crippen LogP contribution in [-0.2, 0) is 11.2 Å². The normalized spacial score (nSPS) is 11.8. The third-order valence-corrected chi connectivity index (χ3v) is 3.84. The summed E-state index contributed by atoms with van der Waals surface area (Å²) in [5.41, 5.74) is 1.60. The molecule has 1 N–H and O–H groups in total. The molecular weight excluding hydrogens is 293 g/mol. The lowest BCUT2D eigenvalue weighted by Gasteiger charge is -2.18. The van der Waals surface area contributed by atoms with Gasteiger partial charge in [-0.15, -0.1) is 0 Å². The maximum atomic E-state index is 13.6. The molecule has 0 radical (unpaired) electrons. The smallest absolute Gasteiger partial charge is 0.220 e. The predicted molar refractivity (Wildman–Crippen MR) is 88.9 cm³/mol. The average molecular weight is 315 g/mol. The zero-order valence-electron chi connectivity index (χ0n) is 13.5. The Morgan fingerprint density at radius 1 is 1.17 bits per heavy atom. The van der Waals surface area contributed by atoms with Gasteiger partial charge in [0, 0.05) is 6.42 Å². The highest BCUT2D eigenvalue weighted by Crippen LogP contribution is 2.20. The van der Waals surface area contributed by atoms with Gasteiger partial charge in [0.05, 0.1) is 13.2 Å². The first kappa shape index (κ1) is 17.0. The van der Waals surface area contributed by atoms with Gasteiger partial charge in [0.1, 0.15) is 11.6 Å². The number of methoxy groups -OCH3 is 1. The highest BCUT2D eigenvalue weighted by Gasteiger charge is 2.13. The molecule has 0 aromatic heterocycles. The first-order valence-electron chi connectivity index (χ1n) is 7.80. The number of benzene rings is 2. The molecule has 4 heteroatoms. The van der Waals surface area contributed by atoms with Gasteiger partial charge in [0.25, 0.3) is 0 Å². The number of carbonyl (C=O) groups excluding carboxylic acids is 1. The van der Waals surface area contributed by atoms with Crippen molar-refractivity contribution in [2.45, 2.75) is 32.2 Å². The molecular formula is C19H22FNO2. The molecule has 122 valence electrons. The minimum atomic E-state index is -0.262. The third kappa shape index (κ3) is 4.81. The Bertz CT molecular complexity index is 640. The molecule has 23 heavy (non-hydrogen) atoms. The first-order valence-corrected chi connectivity index (χ1v) is 7.80. The highest BCUT2D eigenvalue weighted by atomic mass is 19.1. The summed E-state index contributed by atoms with van der Waals surface area (Å²) < 4.78 is 18.7. The first-order chi connectivity index (χ1) is 11.1. The van der Waals surface area contributed by atoms with E-state index in [4.69, 9.17) is 4.74 Å². The van der Waals surface area contributed by atoms with Crippen molar-refractivity contribution >= 4 is 5.91 Å². The number of halogens is 1. The summed E-state index contributed by atoms with van der Waals surface area (Å²) in [5, 5.41) is 3.01. The second-order valence-corrected chi connectivity index (χ2v) is 5.39. The van der Waals surface area contributed by atoms with Crippen molar-refractivity contribution in [2.75, 3.05) is 7.11 Å². The summed E-state index contributed by atoms with van der Waals surface area (Å²) in [7, 11) is 1.62. The monoisotopic (exact) mass is 315 g/mol. The lowest BCUT2D eigenvalue weighted by atomic mass is 10.0. The van der Waals surface area contributed by atoms with Gasteiger partial charge in [-0.3, -0.25) is 4.79 Å². The van der Waals surface area contributed by atoms with Crippen molar-refractivity contribution in [1.29, 1.82) is 0 Å². The molecule has 1 atom stereocenters. The van der Waals surface area contributed by atoms with E-state index in [0.29, 0.717) is 12.0 Å². The number of ether oxygens (including phenoxy) is 1. The van der Waals surface area contributed by atoms with Crippen molar-refractivity contribution in [3.05, 3.63) is 65.5 Å². The topological polar surface area (TPSA) is 38.3 Å². The number of rotatable bonds is 7. The lowest BCUT2D eigenvalue weighted by Crippen LogP contribution is -2.28. The van der Waals surface area contributed by atoms with E-state index in [2.05, 4.69) is 5.32 Å². The molecule has 0 unspecified atom stereocenters. The molecule has 0 aliphatic carbocycles. The maximum absolute atomic E-state index is 13.6. The third-order valence-electron chi connectivity index (χ3n) is 3.84. The van der Waals surface area contributed by atoms with Crippen LogP contribution in [0.1, 0.15) is 36.9 Å². The van der Waals surface area contributed by atoms with E-state index >= 15 is 0 Å². The van der Waals surface area contributed by atoms with Crippen LogP contribution < -0.4 is 10.1 Å². The zero-order valence-corrected chi connectivity index (χ0v) is 13.5. The second-order valence-electron chi connectivity index (χ2n) is 5.39. The van der Waals surface area contributed by atoms with Crippen LogP contribution in [0.15, 0.2) is 48.5 Å². The van der Waals surface area contributed by atoms with E-state index in [-0.39, 0.29) is 24.2 Å². The Morgan fingerprint density at radius 3 is 2.48 bits per heavy atom. The van der Waals surface area contributed by atoms with E-state index in [0.717, 1.165) is 17.7 Å². The van der Waals surface area contributed by atoms with Gasteiger partial charge < -0.3 is 10.1 Å². The minimum Gasteiger partial charge on any atom is -0.497 e. The summed E-state index contributed by atoms with van der Waals surface area (Å²) in [6, 6.07) is 14.2. The fraction of sp³-hybridized carbons (Fsp3) is 0.316. The van der Waals surface area contributed by atoms with Gasteiger partial charge in [-0.2, -0.15) is 0 Å². The van der Waals surface area contributed by atoms with Crippen LogP contribution in [0.3, 0.4) is 0 Å². The second kappa shape index (κ2) is 8.32. The molecule has 0 heterocycles. The van der Waals surface area contributed by atoms with E-state index in [1.807, 2.05) is 31.2 Å². The quantitative estimate of drug-likeness (QED) is 0.837. The van der Waals surface area contributed by atoms with E-state index in [1.165, 1.54) is 6.07 Å². The summed E-state index contributed by atoms with van der Waals surface area (Å²) >= 11 is 0. The van der Waals surface area contributed by atoms with Crippen LogP contribution in [0.5, 0.6) is 5.75 Å². The molecule has 0 saturated heterocycles. The van der Waals surface area contributed by atoms with Crippen molar-refractivity contribution in [2.24, 2.45) is 0 Å². The highest BCUT2D eigenvalue weighted by molar-refractivity contribution is 5.76. The molecule has 0 aliphatic rings. The summed E-state index contributed by atoms with van der Waals surface area (Å²) in [5.74, 6) is 0.452. The van der Waals surface area contributed by atoms with Crippen LogP contribution >= 0.6 is 0 Å². The predicted octanol–water partition coefficient (Wildman–Crippen LogP) is 4.03. The van der Waals surface area contributed by atoms with Crippen molar-refractivity contribution in [1.82, 2.24) is 5.32 Å². The lowest BCUT2D eigenvalue weighted by molar-refractivity contribution is -0.121. The molecule has 1 amide bonds. The van der Waals surface area contributed by atoms with Crippen LogP contribution in [-0.4, -0.2) is 13.0 Å². The van der Waals surface area contributed by atoms with Crippen LogP contribution in [0, 0.1) is 5.82 Å². The molecule has 0 saturated carbocycles.